The van der Waals surface area contributed by atoms with Crippen LogP contribution in [0.15, 0.2) is 41.6 Å². The molecule has 2 nitrogen and oxygen atoms in total. The first-order chi connectivity index (χ1) is 7.15. The Morgan fingerprint density at radius 1 is 1.33 bits per heavy atom. The van der Waals surface area contributed by atoms with E-state index in [1.54, 1.807) is 6.92 Å². The molecule has 1 N–H and O–H groups in total. The normalized spacial score (nSPS) is 9.20. The molecule has 15 heavy (non-hydrogen) atoms. The van der Waals surface area contributed by atoms with Gasteiger partial charge in [-0.1, -0.05) is 37.3 Å². The van der Waals surface area contributed by atoms with Crippen molar-refractivity contribution in [3.05, 3.63) is 47.2 Å². The summed E-state index contributed by atoms with van der Waals surface area (Å²) in [5, 5.41) is 8.76. The quantitative estimate of drug-likeness (QED) is 0.604. The van der Waals surface area contributed by atoms with E-state index < -0.39 is 5.97 Å². The molecule has 1 aromatic rings. The van der Waals surface area contributed by atoms with Crippen molar-refractivity contribution in [2.75, 3.05) is 0 Å². The molecule has 0 radical (unpaired) electrons. The second-order valence-electron chi connectivity index (χ2n) is 3.25. The van der Waals surface area contributed by atoms with E-state index in [1.807, 2.05) is 37.3 Å². The Bertz CT molecular complexity index is 409. The number of carboxylic acids is 1. The second-order valence-corrected chi connectivity index (χ2v) is 3.25. The van der Waals surface area contributed by atoms with Crippen LogP contribution >= 0.6 is 0 Å². The summed E-state index contributed by atoms with van der Waals surface area (Å²) < 4.78 is 0. The van der Waals surface area contributed by atoms with Crippen molar-refractivity contribution in [3.63, 3.8) is 0 Å². The summed E-state index contributed by atoms with van der Waals surface area (Å²) in [6, 6.07) is 9.72. The van der Waals surface area contributed by atoms with E-state index in [2.05, 4.69) is 5.73 Å². The van der Waals surface area contributed by atoms with E-state index in [-0.39, 0.29) is 5.57 Å². The average Bonchev–Trinajstić information content (AvgIpc) is 2.26. The van der Waals surface area contributed by atoms with Crippen LogP contribution in [0.4, 0.5) is 0 Å². The van der Waals surface area contributed by atoms with E-state index >= 15 is 0 Å². The molecule has 1 aromatic carbocycles. The number of carboxylic acid groups (broad SMARTS) is 1. The lowest BCUT2D eigenvalue weighted by atomic mass is 10.0. The third kappa shape index (κ3) is 3.12. The van der Waals surface area contributed by atoms with E-state index in [4.69, 9.17) is 5.11 Å². The fraction of sp³-hybridized carbons (Fsp3) is 0.231. The Morgan fingerprint density at radius 2 is 1.93 bits per heavy atom. The van der Waals surface area contributed by atoms with Crippen molar-refractivity contribution in [2.24, 2.45) is 0 Å². The predicted octanol–water partition coefficient (Wildman–Crippen LogP) is 3.11. The zero-order chi connectivity index (χ0) is 11.3. The summed E-state index contributed by atoms with van der Waals surface area (Å²) in [4.78, 5) is 10.7. The second kappa shape index (κ2) is 5.18. The molecule has 0 unspecified atom stereocenters. The van der Waals surface area contributed by atoms with Crippen LogP contribution in [-0.4, -0.2) is 11.1 Å². The number of aliphatic carboxylic acids is 1. The fourth-order valence-electron chi connectivity index (χ4n) is 1.28. The molecular formula is C13H14O2. The molecule has 0 aromatic heterocycles. The van der Waals surface area contributed by atoms with Gasteiger partial charge in [-0.3, -0.25) is 0 Å². The van der Waals surface area contributed by atoms with Crippen molar-refractivity contribution in [1.82, 2.24) is 0 Å². The van der Waals surface area contributed by atoms with Gasteiger partial charge in [-0.25, -0.2) is 4.79 Å². The zero-order valence-corrected chi connectivity index (χ0v) is 8.95. The minimum absolute atomic E-state index is 0.246. The van der Waals surface area contributed by atoms with Crippen molar-refractivity contribution in [3.8, 4) is 0 Å². The molecule has 2 heteroatoms. The maximum atomic E-state index is 10.7. The molecule has 0 saturated heterocycles. The third-order valence-electron chi connectivity index (χ3n) is 2.13. The first-order valence-electron chi connectivity index (χ1n) is 4.90. The van der Waals surface area contributed by atoms with Gasteiger partial charge in [0.25, 0.3) is 0 Å². The Balaban J connectivity index is 3.21. The molecule has 0 heterocycles. The Morgan fingerprint density at radius 3 is 2.40 bits per heavy atom. The van der Waals surface area contributed by atoms with Crippen molar-refractivity contribution in [2.45, 2.75) is 20.3 Å². The molecular weight excluding hydrogens is 188 g/mol. The van der Waals surface area contributed by atoms with Gasteiger partial charge in [-0.05, 0) is 18.9 Å². The van der Waals surface area contributed by atoms with Crippen LogP contribution in [0.5, 0.6) is 0 Å². The molecule has 0 aliphatic rings. The van der Waals surface area contributed by atoms with E-state index in [9.17, 15) is 4.79 Å². The first kappa shape index (κ1) is 11.3. The lowest BCUT2D eigenvalue weighted by Crippen LogP contribution is -1.94. The molecule has 78 valence electrons. The Kier molecular flexibility index (Phi) is 3.90. The minimum atomic E-state index is -0.920. The van der Waals surface area contributed by atoms with E-state index in [1.165, 1.54) is 0 Å². The number of hydrogen-bond acceptors (Lipinski definition) is 1. The highest BCUT2D eigenvalue weighted by Gasteiger charge is 2.01. The van der Waals surface area contributed by atoms with Crippen LogP contribution in [-0.2, 0) is 4.79 Å². The van der Waals surface area contributed by atoms with Gasteiger partial charge in [0.1, 0.15) is 0 Å². The monoisotopic (exact) mass is 202 g/mol. The summed E-state index contributed by atoms with van der Waals surface area (Å²) in [6.45, 7) is 3.55. The van der Waals surface area contributed by atoms with Gasteiger partial charge in [-0.2, -0.15) is 0 Å². The SMILES string of the molecule is CCC(=C=C(C)C(=O)O)c1ccccc1. The smallest absolute Gasteiger partial charge is 0.339 e. The molecule has 0 spiro atoms. The summed E-state index contributed by atoms with van der Waals surface area (Å²) >= 11 is 0. The molecule has 0 amide bonds. The summed E-state index contributed by atoms with van der Waals surface area (Å²) in [7, 11) is 0. The molecule has 0 atom stereocenters. The number of benzene rings is 1. The Hall–Kier alpha value is -1.79. The van der Waals surface area contributed by atoms with Gasteiger partial charge in [0.2, 0.25) is 0 Å². The van der Waals surface area contributed by atoms with Gasteiger partial charge in [0, 0.05) is 5.57 Å². The highest BCUT2D eigenvalue weighted by molar-refractivity contribution is 5.87. The van der Waals surface area contributed by atoms with Crippen LogP contribution < -0.4 is 0 Å². The summed E-state index contributed by atoms with van der Waals surface area (Å²) in [6.07, 6.45) is 0.772. The van der Waals surface area contributed by atoms with Crippen molar-refractivity contribution >= 4 is 11.5 Å². The molecule has 0 saturated carbocycles. The minimum Gasteiger partial charge on any atom is -0.477 e. The number of hydrogen-bond donors (Lipinski definition) is 1. The van der Waals surface area contributed by atoms with Gasteiger partial charge in [0.05, 0.1) is 5.57 Å². The van der Waals surface area contributed by atoms with Gasteiger partial charge in [0.15, 0.2) is 0 Å². The van der Waals surface area contributed by atoms with Crippen molar-refractivity contribution < 1.29 is 9.90 Å². The summed E-state index contributed by atoms with van der Waals surface area (Å²) in [5.41, 5.74) is 5.12. The van der Waals surface area contributed by atoms with Crippen LogP contribution in [0.2, 0.25) is 0 Å². The highest BCUT2D eigenvalue weighted by Crippen LogP contribution is 2.16. The fourth-order valence-corrected chi connectivity index (χ4v) is 1.28. The topological polar surface area (TPSA) is 37.3 Å². The number of carbonyl (C=O) groups is 1. The highest BCUT2D eigenvalue weighted by atomic mass is 16.4. The third-order valence-corrected chi connectivity index (χ3v) is 2.13. The van der Waals surface area contributed by atoms with Gasteiger partial charge in [-0.15, -0.1) is 5.73 Å². The van der Waals surface area contributed by atoms with Crippen LogP contribution in [0.1, 0.15) is 25.8 Å². The molecule has 0 aliphatic heterocycles. The molecule has 0 aliphatic carbocycles. The maximum Gasteiger partial charge on any atom is 0.339 e. The van der Waals surface area contributed by atoms with Crippen LogP contribution in [0.3, 0.4) is 0 Å². The summed E-state index contributed by atoms with van der Waals surface area (Å²) in [5.74, 6) is -0.920. The average molecular weight is 202 g/mol. The first-order valence-corrected chi connectivity index (χ1v) is 4.90. The van der Waals surface area contributed by atoms with Crippen molar-refractivity contribution in [1.29, 1.82) is 0 Å². The Labute approximate surface area is 89.6 Å². The van der Waals surface area contributed by atoms with Gasteiger partial charge >= 0.3 is 5.97 Å². The standard InChI is InChI=1S/C13H14O2/c1-3-11(9-10(2)13(14)15)12-7-5-4-6-8-12/h4-8H,3H2,1-2H3,(H,14,15). The number of rotatable bonds is 3. The molecule has 0 bridgehead atoms. The molecule has 1 rings (SSSR count). The molecule has 0 fully saturated rings. The van der Waals surface area contributed by atoms with E-state index in [0.29, 0.717) is 0 Å². The largest absolute Gasteiger partial charge is 0.477 e. The van der Waals surface area contributed by atoms with E-state index in [0.717, 1.165) is 17.6 Å². The van der Waals surface area contributed by atoms with Crippen LogP contribution in [0, 0.1) is 0 Å². The lowest BCUT2D eigenvalue weighted by Gasteiger charge is -2.00. The van der Waals surface area contributed by atoms with Crippen LogP contribution in [0.25, 0.3) is 5.57 Å². The zero-order valence-electron chi connectivity index (χ0n) is 8.95. The van der Waals surface area contributed by atoms with Gasteiger partial charge < -0.3 is 5.11 Å². The maximum absolute atomic E-state index is 10.7. The predicted molar refractivity (Wildman–Crippen MR) is 60.5 cm³/mol. The lowest BCUT2D eigenvalue weighted by molar-refractivity contribution is -0.132.